The summed E-state index contributed by atoms with van der Waals surface area (Å²) in [6.45, 7) is 1.34. The second kappa shape index (κ2) is 7.92. The molecule has 0 radical (unpaired) electrons. The van der Waals surface area contributed by atoms with E-state index in [9.17, 15) is 9.90 Å². The van der Waals surface area contributed by atoms with Crippen LogP contribution in [-0.2, 0) is 9.53 Å². The molecule has 0 amide bonds. The molecular formula is C18H17BrO3. The van der Waals surface area contributed by atoms with E-state index in [1.807, 2.05) is 54.6 Å². The van der Waals surface area contributed by atoms with Gasteiger partial charge in [-0.25, -0.2) is 0 Å². The van der Waals surface area contributed by atoms with Gasteiger partial charge in [-0.1, -0.05) is 58.4 Å². The van der Waals surface area contributed by atoms with Gasteiger partial charge in [0.25, 0.3) is 0 Å². The molecule has 0 heterocycles. The Morgan fingerprint density at radius 1 is 1.09 bits per heavy atom. The normalized spacial score (nSPS) is 13.8. The van der Waals surface area contributed by atoms with Crippen molar-refractivity contribution in [1.29, 1.82) is 0 Å². The van der Waals surface area contributed by atoms with Crippen molar-refractivity contribution in [3.05, 3.63) is 82.5 Å². The summed E-state index contributed by atoms with van der Waals surface area (Å²) in [6.07, 6.45) is 2.30. The highest BCUT2D eigenvalue weighted by atomic mass is 79.9. The smallest absolute Gasteiger partial charge is 0.307 e. The van der Waals surface area contributed by atoms with Crippen molar-refractivity contribution in [2.75, 3.05) is 0 Å². The minimum absolute atomic E-state index is 0.310. The molecule has 2 aromatic carbocycles. The minimum Gasteiger partial charge on any atom is -0.435 e. The Balaban J connectivity index is 2.30. The molecule has 2 aromatic rings. The van der Waals surface area contributed by atoms with Gasteiger partial charge >= 0.3 is 5.97 Å². The van der Waals surface area contributed by atoms with E-state index in [0.29, 0.717) is 0 Å². The largest absolute Gasteiger partial charge is 0.435 e. The lowest BCUT2D eigenvalue weighted by Gasteiger charge is -2.20. The molecule has 0 spiro atoms. The number of ether oxygens (including phenoxy) is 1. The maximum atomic E-state index is 10.9. The highest BCUT2D eigenvalue weighted by Gasteiger charge is 2.20. The van der Waals surface area contributed by atoms with Crippen LogP contribution in [0.15, 0.2) is 71.4 Å². The number of carbonyl (C=O) groups excluding carboxylic acids is 1. The molecule has 1 N–H and O–H groups in total. The van der Waals surface area contributed by atoms with Gasteiger partial charge in [0.15, 0.2) is 0 Å². The van der Waals surface area contributed by atoms with Crippen molar-refractivity contribution in [3.63, 3.8) is 0 Å². The first kappa shape index (κ1) is 16.5. The number of carbonyl (C=O) groups is 1. The Morgan fingerprint density at radius 2 is 1.73 bits per heavy atom. The Bertz CT molecular complexity index is 635. The predicted molar refractivity (Wildman–Crippen MR) is 89.2 cm³/mol. The SMILES string of the molecule is CC(=O)O/C=C\[C@H](c1ccc(Br)cc1)[C@H](O)c1ccccc1. The van der Waals surface area contributed by atoms with E-state index in [1.165, 1.54) is 13.2 Å². The second-order valence-electron chi connectivity index (χ2n) is 4.87. The summed E-state index contributed by atoms with van der Waals surface area (Å²) in [5.74, 6) is -0.699. The molecule has 114 valence electrons. The first-order valence-corrected chi connectivity index (χ1v) is 7.69. The van der Waals surface area contributed by atoms with Gasteiger partial charge < -0.3 is 9.84 Å². The Kier molecular flexibility index (Phi) is 5.92. The van der Waals surface area contributed by atoms with Crippen LogP contribution in [0.5, 0.6) is 0 Å². The standard InChI is InChI=1S/C18H17BrO3/c1-13(20)22-12-11-17(14-7-9-16(19)10-8-14)18(21)15-5-3-2-4-6-15/h2-12,17-18,21H,1H3/b12-11-/t17-,18-/m1/s1. The van der Waals surface area contributed by atoms with Gasteiger partial charge in [0.05, 0.1) is 12.4 Å². The Labute approximate surface area is 138 Å². The zero-order valence-electron chi connectivity index (χ0n) is 12.1. The predicted octanol–water partition coefficient (Wildman–Crippen LogP) is 4.34. The molecule has 0 unspecified atom stereocenters. The maximum absolute atomic E-state index is 10.9. The molecule has 0 fully saturated rings. The van der Waals surface area contributed by atoms with Gasteiger partial charge in [-0.05, 0) is 29.3 Å². The first-order chi connectivity index (χ1) is 10.6. The lowest BCUT2D eigenvalue weighted by molar-refractivity contribution is -0.135. The topological polar surface area (TPSA) is 46.5 Å². The molecule has 0 aliphatic carbocycles. The number of aliphatic hydroxyl groups excluding tert-OH is 1. The third kappa shape index (κ3) is 4.55. The molecule has 2 atom stereocenters. The second-order valence-corrected chi connectivity index (χ2v) is 5.79. The quantitative estimate of drug-likeness (QED) is 0.637. The van der Waals surface area contributed by atoms with Crippen LogP contribution in [0.4, 0.5) is 0 Å². The third-order valence-electron chi connectivity index (χ3n) is 3.26. The lowest BCUT2D eigenvalue weighted by atomic mass is 9.89. The molecule has 0 saturated carbocycles. The van der Waals surface area contributed by atoms with Crippen LogP contribution in [0.3, 0.4) is 0 Å². The van der Waals surface area contributed by atoms with Gasteiger partial charge in [-0.2, -0.15) is 0 Å². The summed E-state index contributed by atoms with van der Waals surface area (Å²) >= 11 is 3.40. The summed E-state index contributed by atoms with van der Waals surface area (Å²) in [4.78, 5) is 10.9. The highest BCUT2D eigenvalue weighted by Crippen LogP contribution is 2.32. The van der Waals surface area contributed by atoms with Crippen LogP contribution in [0.1, 0.15) is 30.1 Å². The molecule has 4 heteroatoms. The molecule has 3 nitrogen and oxygen atoms in total. The van der Waals surface area contributed by atoms with E-state index >= 15 is 0 Å². The van der Waals surface area contributed by atoms with Gasteiger partial charge in [-0.3, -0.25) is 4.79 Å². The number of hydrogen-bond donors (Lipinski definition) is 1. The van der Waals surface area contributed by atoms with Gasteiger partial charge in [0.1, 0.15) is 0 Å². The number of rotatable bonds is 5. The van der Waals surface area contributed by atoms with Gasteiger partial charge in [0, 0.05) is 17.3 Å². The van der Waals surface area contributed by atoms with E-state index in [0.717, 1.165) is 15.6 Å². The zero-order chi connectivity index (χ0) is 15.9. The lowest BCUT2D eigenvalue weighted by Crippen LogP contribution is -2.09. The van der Waals surface area contributed by atoms with Crippen molar-refractivity contribution in [3.8, 4) is 0 Å². The van der Waals surface area contributed by atoms with E-state index in [-0.39, 0.29) is 11.9 Å². The number of aliphatic hydroxyl groups is 1. The molecule has 0 bridgehead atoms. The Morgan fingerprint density at radius 3 is 2.32 bits per heavy atom. The summed E-state index contributed by atoms with van der Waals surface area (Å²) in [5, 5.41) is 10.7. The van der Waals surface area contributed by atoms with Crippen LogP contribution in [0.25, 0.3) is 0 Å². The Hall–Kier alpha value is -1.91. The maximum Gasteiger partial charge on any atom is 0.307 e. The molecule has 0 aromatic heterocycles. The molecule has 0 aliphatic rings. The van der Waals surface area contributed by atoms with E-state index in [1.54, 1.807) is 6.08 Å². The summed E-state index contributed by atoms with van der Waals surface area (Å²) in [6, 6.07) is 17.1. The van der Waals surface area contributed by atoms with E-state index < -0.39 is 6.10 Å². The van der Waals surface area contributed by atoms with E-state index in [2.05, 4.69) is 15.9 Å². The highest BCUT2D eigenvalue weighted by molar-refractivity contribution is 9.10. The fourth-order valence-corrected chi connectivity index (χ4v) is 2.43. The van der Waals surface area contributed by atoms with Crippen molar-refractivity contribution >= 4 is 21.9 Å². The van der Waals surface area contributed by atoms with Crippen LogP contribution in [0.2, 0.25) is 0 Å². The molecule has 22 heavy (non-hydrogen) atoms. The summed E-state index contributed by atoms with van der Waals surface area (Å²) in [5.41, 5.74) is 1.74. The fraction of sp³-hybridized carbons (Fsp3) is 0.167. The minimum atomic E-state index is -0.728. The number of benzene rings is 2. The molecule has 2 rings (SSSR count). The fourth-order valence-electron chi connectivity index (χ4n) is 2.16. The number of hydrogen-bond acceptors (Lipinski definition) is 3. The molecule has 0 aliphatic heterocycles. The number of esters is 1. The molecular weight excluding hydrogens is 344 g/mol. The van der Waals surface area contributed by atoms with Crippen molar-refractivity contribution in [2.24, 2.45) is 0 Å². The van der Waals surface area contributed by atoms with Crippen LogP contribution in [0, 0.1) is 0 Å². The summed E-state index contributed by atoms with van der Waals surface area (Å²) < 4.78 is 5.83. The average Bonchev–Trinajstić information content (AvgIpc) is 2.53. The van der Waals surface area contributed by atoms with Crippen molar-refractivity contribution in [1.82, 2.24) is 0 Å². The van der Waals surface area contributed by atoms with Crippen LogP contribution in [-0.4, -0.2) is 11.1 Å². The monoisotopic (exact) mass is 360 g/mol. The average molecular weight is 361 g/mol. The zero-order valence-corrected chi connectivity index (χ0v) is 13.7. The number of halogens is 1. The van der Waals surface area contributed by atoms with E-state index in [4.69, 9.17) is 4.74 Å². The first-order valence-electron chi connectivity index (χ1n) is 6.90. The van der Waals surface area contributed by atoms with Gasteiger partial charge in [-0.15, -0.1) is 0 Å². The van der Waals surface area contributed by atoms with Crippen molar-refractivity contribution < 1.29 is 14.6 Å². The summed E-state index contributed by atoms with van der Waals surface area (Å²) in [7, 11) is 0. The van der Waals surface area contributed by atoms with Gasteiger partial charge in [0.2, 0.25) is 0 Å². The van der Waals surface area contributed by atoms with Crippen molar-refractivity contribution in [2.45, 2.75) is 18.9 Å². The van der Waals surface area contributed by atoms with Crippen LogP contribution < -0.4 is 0 Å². The molecule has 0 saturated heterocycles. The van der Waals surface area contributed by atoms with Crippen LogP contribution >= 0.6 is 15.9 Å². The third-order valence-corrected chi connectivity index (χ3v) is 3.78.